The third kappa shape index (κ3) is 4.07. The zero-order chi connectivity index (χ0) is 25.1. The molecule has 0 aliphatic heterocycles. The van der Waals surface area contributed by atoms with Gasteiger partial charge in [0, 0.05) is 11.6 Å². The number of benzene rings is 3. The van der Waals surface area contributed by atoms with Crippen molar-refractivity contribution in [3.8, 4) is 56.9 Å². The van der Waals surface area contributed by atoms with E-state index in [0.717, 1.165) is 5.56 Å². The SMILES string of the molecule is COc1ccc(-c2c(OC)cc(OC)c3c(=O)c(OC)c(-c4ccc(OC)c(OC)c4)oc23)cc1. The van der Waals surface area contributed by atoms with Crippen LogP contribution in [-0.2, 0) is 0 Å². The van der Waals surface area contributed by atoms with Gasteiger partial charge in [-0.3, -0.25) is 4.79 Å². The minimum absolute atomic E-state index is 0.0360. The van der Waals surface area contributed by atoms with Crippen molar-refractivity contribution in [2.45, 2.75) is 0 Å². The highest BCUT2D eigenvalue weighted by atomic mass is 16.5. The number of hydrogen-bond acceptors (Lipinski definition) is 8. The lowest BCUT2D eigenvalue weighted by Crippen LogP contribution is -2.10. The van der Waals surface area contributed by atoms with Crippen LogP contribution in [0.15, 0.2) is 57.7 Å². The Kier molecular flexibility index (Phi) is 6.73. The van der Waals surface area contributed by atoms with E-state index >= 15 is 0 Å². The molecule has 0 saturated heterocycles. The Labute approximate surface area is 202 Å². The van der Waals surface area contributed by atoms with Crippen molar-refractivity contribution in [1.29, 1.82) is 0 Å². The molecule has 0 aliphatic carbocycles. The van der Waals surface area contributed by atoms with Crippen LogP contribution < -0.4 is 33.8 Å². The van der Waals surface area contributed by atoms with Gasteiger partial charge in [-0.05, 0) is 35.9 Å². The molecule has 0 atom stereocenters. The average Bonchev–Trinajstić information content (AvgIpc) is 2.91. The minimum Gasteiger partial charge on any atom is -0.497 e. The molecule has 0 aliphatic rings. The number of methoxy groups -OCH3 is 6. The molecule has 8 heteroatoms. The lowest BCUT2D eigenvalue weighted by Gasteiger charge is -2.17. The summed E-state index contributed by atoms with van der Waals surface area (Å²) < 4.78 is 39.2. The molecule has 0 radical (unpaired) electrons. The van der Waals surface area contributed by atoms with Crippen molar-refractivity contribution in [2.75, 3.05) is 42.7 Å². The standard InChI is InChI=1S/C27H26O8/c1-29-17-10-7-15(8-11-17)22-20(32-4)14-21(33-5)23-24(28)27(34-6)25(35-26(22)23)16-9-12-18(30-2)19(13-16)31-3/h7-14H,1-6H3. The first kappa shape index (κ1) is 23.8. The van der Waals surface area contributed by atoms with Gasteiger partial charge in [0.2, 0.25) is 11.2 Å². The van der Waals surface area contributed by atoms with Crippen LogP contribution >= 0.6 is 0 Å². The highest BCUT2D eigenvalue weighted by molar-refractivity contribution is 6.01. The van der Waals surface area contributed by atoms with Crippen LogP contribution in [0.5, 0.6) is 34.5 Å². The number of ether oxygens (including phenoxy) is 6. The Hall–Kier alpha value is -4.33. The van der Waals surface area contributed by atoms with Gasteiger partial charge >= 0.3 is 0 Å². The van der Waals surface area contributed by atoms with Crippen molar-refractivity contribution in [3.05, 3.63) is 58.8 Å². The topological polar surface area (TPSA) is 85.6 Å². The van der Waals surface area contributed by atoms with E-state index in [1.165, 1.54) is 21.3 Å². The Morgan fingerprint density at radius 3 is 1.80 bits per heavy atom. The van der Waals surface area contributed by atoms with Gasteiger partial charge < -0.3 is 32.8 Å². The molecule has 0 bridgehead atoms. The van der Waals surface area contributed by atoms with Crippen LogP contribution in [0.4, 0.5) is 0 Å². The third-order valence-electron chi connectivity index (χ3n) is 5.72. The van der Waals surface area contributed by atoms with E-state index in [4.69, 9.17) is 32.8 Å². The van der Waals surface area contributed by atoms with Gasteiger partial charge in [0.1, 0.15) is 22.6 Å². The van der Waals surface area contributed by atoms with Crippen LogP contribution in [0.2, 0.25) is 0 Å². The first-order valence-electron chi connectivity index (χ1n) is 10.7. The second-order valence-corrected chi connectivity index (χ2v) is 7.45. The first-order valence-corrected chi connectivity index (χ1v) is 10.7. The predicted molar refractivity (Wildman–Crippen MR) is 133 cm³/mol. The van der Waals surface area contributed by atoms with Crippen LogP contribution in [-0.4, -0.2) is 42.7 Å². The number of fused-ring (bicyclic) bond motifs is 1. The van der Waals surface area contributed by atoms with E-state index in [9.17, 15) is 4.79 Å². The summed E-state index contributed by atoms with van der Waals surface area (Å²) in [4.78, 5) is 13.7. The van der Waals surface area contributed by atoms with E-state index in [2.05, 4.69) is 0 Å². The van der Waals surface area contributed by atoms with E-state index in [1.807, 2.05) is 24.3 Å². The third-order valence-corrected chi connectivity index (χ3v) is 5.72. The van der Waals surface area contributed by atoms with Gasteiger partial charge in [0.05, 0.1) is 48.2 Å². The Bertz CT molecular complexity index is 1420. The Balaban J connectivity index is 2.13. The number of rotatable bonds is 8. The highest BCUT2D eigenvalue weighted by Gasteiger charge is 2.26. The summed E-state index contributed by atoms with van der Waals surface area (Å²) in [6.07, 6.45) is 0. The maximum Gasteiger partial charge on any atom is 0.239 e. The summed E-state index contributed by atoms with van der Waals surface area (Å²) in [6, 6.07) is 14.2. The Morgan fingerprint density at radius 1 is 0.600 bits per heavy atom. The van der Waals surface area contributed by atoms with E-state index < -0.39 is 0 Å². The van der Waals surface area contributed by atoms with Crippen LogP contribution in [0.25, 0.3) is 33.4 Å². The molecule has 0 unspecified atom stereocenters. The number of hydrogen-bond donors (Lipinski definition) is 0. The normalized spacial score (nSPS) is 10.7. The molecule has 4 aromatic rings. The summed E-state index contributed by atoms with van der Waals surface area (Å²) in [5, 5.41) is 0.236. The van der Waals surface area contributed by atoms with Gasteiger partial charge in [-0.2, -0.15) is 0 Å². The zero-order valence-electron chi connectivity index (χ0n) is 20.4. The largest absolute Gasteiger partial charge is 0.497 e. The monoisotopic (exact) mass is 478 g/mol. The van der Waals surface area contributed by atoms with Gasteiger partial charge in [0.25, 0.3) is 0 Å². The van der Waals surface area contributed by atoms with Gasteiger partial charge in [0.15, 0.2) is 22.8 Å². The maximum atomic E-state index is 13.7. The van der Waals surface area contributed by atoms with Crippen molar-refractivity contribution in [1.82, 2.24) is 0 Å². The summed E-state index contributed by atoms with van der Waals surface area (Å²) in [7, 11) is 9.13. The van der Waals surface area contributed by atoms with Crippen LogP contribution in [0, 0.1) is 0 Å². The van der Waals surface area contributed by atoms with Crippen molar-refractivity contribution in [2.24, 2.45) is 0 Å². The maximum absolute atomic E-state index is 13.7. The molecule has 0 amide bonds. The molecule has 182 valence electrons. The fraction of sp³-hybridized carbons (Fsp3) is 0.222. The Morgan fingerprint density at radius 2 is 1.23 bits per heavy atom. The minimum atomic E-state index is -0.382. The molecular weight excluding hydrogens is 452 g/mol. The van der Waals surface area contributed by atoms with Gasteiger partial charge in [-0.1, -0.05) is 12.1 Å². The summed E-state index contributed by atoms with van der Waals surface area (Å²) >= 11 is 0. The summed E-state index contributed by atoms with van der Waals surface area (Å²) in [5.41, 5.74) is 1.84. The fourth-order valence-electron chi connectivity index (χ4n) is 4.00. The van der Waals surface area contributed by atoms with Crippen LogP contribution in [0.3, 0.4) is 0 Å². The first-order chi connectivity index (χ1) is 17.0. The molecule has 4 rings (SSSR count). The van der Waals surface area contributed by atoms with Crippen LogP contribution in [0.1, 0.15) is 0 Å². The molecule has 3 aromatic carbocycles. The lowest BCUT2D eigenvalue weighted by molar-refractivity contribution is 0.355. The highest BCUT2D eigenvalue weighted by Crippen LogP contribution is 2.45. The molecule has 1 aromatic heterocycles. The van der Waals surface area contributed by atoms with Gasteiger partial charge in [-0.25, -0.2) is 0 Å². The molecule has 1 heterocycles. The molecular formula is C27H26O8. The fourth-order valence-corrected chi connectivity index (χ4v) is 4.00. The van der Waals surface area contributed by atoms with E-state index in [-0.39, 0.29) is 22.3 Å². The zero-order valence-corrected chi connectivity index (χ0v) is 20.4. The summed E-state index contributed by atoms with van der Waals surface area (Å²) in [5.74, 6) is 2.77. The van der Waals surface area contributed by atoms with Crippen molar-refractivity contribution >= 4 is 11.0 Å². The average molecular weight is 478 g/mol. The second-order valence-electron chi connectivity index (χ2n) is 7.45. The molecule has 0 fully saturated rings. The molecule has 8 nitrogen and oxygen atoms in total. The summed E-state index contributed by atoms with van der Waals surface area (Å²) in [6.45, 7) is 0. The molecule has 35 heavy (non-hydrogen) atoms. The smallest absolute Gasteiger partial charge is 0.239 e. The second kappa shape index (κ2) is 9.89. The molecule has 0 N–H and O–H groups in total. The van der Waals surface area contributed by atoms with E-state index in [1.54, 1.807) is 45.6 Å². The molecule has 0 saturated carbocycles. The predicted octanol–water partition coefficient (Wildman–Crippen LogP) is 5.18. The lowest BCUT2D eigenvalue weighted by atomic mass is 9.99. The van der Waals surface area contributed by atoms with E-state index in [0.29, 0.717) is 45.5 Å². The van der Waals surface area contributed by atoms with Crippen molar-refractivity contribution in [3.63, 3.8) is 0 Å². The quantitative estimate of drug-likeness (QED) is 0.343. The van der Waals surface area contributed by atoms with Crippen molar-refractivity contribution < 1.29 is 32.8 Å². The molecule has 0 spiro atoms. The van der Waals surface area contributed by atoms with Gasteiger partial charge in [-0.15, -0.1) is 0 Å².